The van der Waals surface area contributed by atoms with E-state index >= 15 is 0 Å². The Morgan fingerprint density at radius 2 is 1.71 bits per heavy atom. The van der Waals surface area contributed by atoms with Crippen LogP contribution in [0.1, 0.15) is 25.7 Å². The molecule has 0 N–H and O–H groups in total. The molecule has 3 amide bonds. The molecule has 0 aromatic carbocycles. The van der Waals surface area contributed by atoms with E-state index in [-0.39, 0.29) is 31.2 Å². The Bertz CT molecular complexity index is 562. The van der Waals surface area contributed by atoms with Gasteiger partial charge in [0.25, 0.3) is 0 Å². The third-order valence-electron chi connectivity index (χ3n) is 5.13. The summed E-state index contributed by atoms with van der Waals surface area (Å²) < 4.78 is 38.5. The van der Waals surface area contributed by atoms with E-state index in [0.29, 0.717) is 12.8 Å². The molecule has 3 atom stereocenters. The standard InChI is InChI=1S/C16H19F3N2O3/c17-16(18,19)10-4-3-7-20(8-10)13(22)9-21-14(23)11-5-1-2-6-12(11)15(21)24/h1-2,10-12H,3-9H2/t10-,11-,12-/m1/s1. The Hall–Kier alpha value is -1.86. The van der Waals surface area contributed by atoms with Gasteiger partial charge in [-0.1, -0.05) is 12.2 Å². The molecule has 0 saturated carbocycles. The molecule has 24 heavy (non-hydrogen) atoms. The largest absolute Gasteiger partial charge is 0.393 e. The van der Waals surface area contributed by atoms with Gasteiger partial charge >= 0.3 is 6.18 Å². The van der Waals surface area contributed by atoms with Crippen LogP contribution < -0.4 is 0 Å². The second kappa shape index (κ2) is 6.22. The Labute approximate surface area is 137 Å². The summed E-state index contributed by atoms with van der Waals surface area (Å²) in [4.78, 5) is 39.0. The van der Waals surface area contributed by atoms with E-state index in [0.717, 1.165) is 9.80 Å². The monoisotopic (exact) mass is 344 g/mol. The Kier molecular flexibility index (Phi) is 4.40. The summed E-state index contributed by atoms with van der Waals surface area (Å²) in [7, 11) is 0. The minimum atomic E-state index is -4.33. The van der Waals surface area contributed by atoms with Crippen molar-refractivity contribution in [3.63, 3.8) is 0 Å². The molecule has 0 radical (unpaired) electrons. The number of allylic oxidation sites excluding steroid dienone is 2. The normalized spacial score (nSPS) is 30.7. The number of alkyl halides is 3. The second-order valence-electron chi connectivity index (χ2n) is 6.64. The van der Waals surface area contributed by atoms with Gasteiger partial charge in [-0.2, -0.15) is 13.2 Å². The second-order valence-corrected chi connectivity index (χ2v) is 6.64. The van der Waals surface area contributed by atoms with Gasteiger partial charge in [0.2, 0.25) is 17.7 Å². The zero-order valence-corrected chi connectivity index (χ0v) is 13.1. The van der Waals surface area contributed by atoms with Crippen molar-refractivity contribution in [2.75, 3.05) is 19.6 Å². The van der Waals surface area contributed by atoms with Crippen molar-refractivity contribution < 1.29 is 27.6 Å². The maximum absolute atomic E-state index is 12.8. The maximum atomic E-state index is 12.8. The number of hydrogen-bond acceptors (Lipinski definition) is 3. The van der Waals surface area contributed by atoms with Crippen molar-refractivity contribution in [3.8, 4) is 0 Å². The van der Waals surface area contributed by atoms with Crippen molar-refractivity contribution in [1.29, 1.82) is 0 Å². The molecule has 1 aliphatic carbocycles. The maximum Gasteiger partial charge on any atom is 0.393 e. The fraction of sp³-hybridized carbons (Fsp3) is 0.688. The van der Waals surface area contributed by atoms with Gasteiger partial charge in [-0.3, -0.25) is 19.3 Å². The number of rotatable bonds is 2. The molecular formula is C16H19F3N2O3. The summed E-state index contributed by atoms with van der Waals surface area (Å²) in [5.74, 6) is -3.75. The topological polar surface area (TPSA) is 57.7 Å². The molecule has 2 saturated heterocycles. The lowest BCUT2D eigenvalue weighted by molar-refractivity contribution is -0.188. The van der Waals surface area contributed by atoms with Crippen LogP contribution in [0.3, 0.4) is 0 Å². The quantitative estimate of drug-likeness (QED) is 0.566. The molecule has 0 bridgehead atoms. The lowest BCUT2D eigenvalue weighted by atomic mass is 9.85. The first-order valence-corrected chi connectivity index (χ1v) is 8.13. The smallest absolute Gasteiger partial charge is 0.341 e. The van der Waals surface area contributed by atoms with Crippen LogP contribution in [-0.4, -0.2) is 53.3 Å². The Morgan fingerprint density at radius 3 is 2.25 bits per heavy atom. The van der Waals surface area contributed by atoms with Crippen LogP contribution in [0.15, 0.2) is 12.2 Å². The molecule has 0 unspecified atom stereocenters. The number of likely N-dealkylation sites (tertiary alicyclic amines) is 2. The van der Waals surface area contributed by atoms with Crippen molar-refractivity contribution in [2.45, 2.75) is 31.9 Å². The van der Waals surface area contributed by atoms with Crippen molar-refractivity contribution in [1.82, 2.24) is 9.80 Å². The highest BCUT2D eigenvalue weighted by Crippen LogP contribution is 2.36. The predicted molar refractivity (Wildman–Crippen MR) is 77.4 cm³/mol. The highest BCUT2D eigenvalue weighted by Gasteiger charge is 2.48. The van der Waals surface area contributed by atoms with Gasteiger partial charge in [0.15, 0.2) is 0 Å². The molecule has 5 nitrogen and oxygen atoms in total. The summed E-state index contributed by atoms with van der Waals surface area (Å²) in [6.45, 7) is -0.613. The first-order valence-electron chi connectivity index (χ1n) is 8.13. The summed E-state index contributed by atoms with van der Waals surface area (Å²) in [6, 6.07) is 0. The van der Waals surface area contributed by atoms with Gasteiger partial charge in [-0.05, 0) is 25.7 Å². The first kappa shape index (κ1) is 17.0. The number of carbonyl (C=O) groups is 3. The van der Waals surface area contributed by atoms with Crippen LogP contribution in [0, 0.1) is 17.8 Å². The minimum absolute atomic E-state index is 0.00464. The van der Waals surface area contributed by atoms with Gasteiger partial charge in [0.05, 0.1) is 17.8 Å². The third-order valence-corrected chi connectivity index (χ3v) is 5.13. The number of piperidine rings is 1. The average molecular weight is 344 g/mol. The van der Waals surface area contributed by atoms with Gasteiger partial charge in [0.1, 0.15) is 6.54 Å². The van der Waals surface area contributed by atoms with E-state index in [1.54, 1.807) is 0 Å². The highest BCUT2D eigenvalue weighted by molar-refractivity contribution is 6.07. The van der Waals surface area contributed by atoms with Crippen LogP contribution in [0.5, 0.6) is 0 Å². The number of hydrogen-bond donors (Lipinski definition) is 0. The summed E-state index contributed by atoms with van der Waals surface area (Å²) >= 11 is 0. The number of fused-ring (bicyclic) bond motifs is 1. The van der Waals surface area contributed by atoms with Crippen molar-refractivity contribution >= 4 is 17.7 Å². The summed E-state index contributed by atoms with van der Waals surface area (Å²) in [6.07, 6.45) is 0.572. The van der Waals surface area contributed by atoms with Crippen molar-refractivity contribution in [2.24, 2.45) is 17.8 Å². The predicted octanol–water partition coefficient (Wildman–Crippen LogP) is 1.74. The molecule has 8 heteroatoms. The molecule has 2 aliphatic heterocycles. The minimum Gasteiger partial charge on any atom is -0.341 e. The summed E-state index contributed by atoms with van der Waals surface area (Å²) in [5.41, 5.74) is 0. The Morgan fingerprint density at radius 1 is 1.12 bits per heavy atom. The molecule has 3 rings (SSSR count). The van der Waals surface area contributed by atoms with Crippen molar-refractivity contribution in [3.05, 3.63) is 12.2 Å². The fourth-order valence-corrected chi connectivity index (χ4v) is 3.73. The van der Waals surface area contributed by atoms with Gasteiger partial charge in [-0.25, -0.2) is 0 Å². The number of carbonyl (C=O) groups excluding carboxylic acids is 3. The number of amides is 3. The van der Waals surface area contributed by atoms with E-state index in [4.69, 9.17) is 0 Å². The van der Waals surface area contributed by atoms with E-state index in [9.17, 15) is 27.6 Å². The SMILES string of the molecule is O=C(CN1C(=O)[C@@H]2CC=CC[C@H]2C1=O)N1CCC[C@@H](C(F)(F)F)C1. The highest BCUT2D eigenvalue weighted by atomic mass is 19.4. The van der Waals surface area contributed by atoms with Crippen LogP contribution in [0.2, 0.25) is 0 Å². The number of imide groups is 1. The van der Waals surface area contributed by atoms with Gasteiger partial charge in [0, 0.05) is 13.1 Å². The van der Waals surface area contributed by atoms with E-state index in [2.05, 4.69) is 0 Å². The number of halogens is 3. The van der Waals surface area contributed by atoms with Crippen LogP contribution >= 0.6 is 0 Å². The summed E-state index contributed by atoms with van der Waals surface area (Å²) in [5, 5.41) is 0. The fourth-order valence-electron chi connectivity index (χ4n) is 3.73. The van der Waals surface area contributed by atoms with Gasteiger partial charge in [-0.15, -0.1) is 0 Å². The molecule has 132 valence electrons. The molecule has 2 heterocycles. The molecule has 2 fully saturated rings. The van der Waals surface area contributed by atoms with Gasteiger partial charge < -0.3 is 4.90 Å². The zero-order chi connectivity index (χ0) is 17.5. The molecular weight excluding hydrogens is 325 g/mol. The van der Waals surface area contributed by atoms with Crippen LogP contribution in [-0.2, 0) is 14.4 Å². The molecule has 3 aliphatic rings. The molecule has 0 spiro atoms. The average Bonchev–Trinajstić information content (AvgIpc) is 2.80. The van der Waals surface area contributed by atoms with Crippen LogP contribution in [0.4, 0.5) is 13.2 Å². The van der Waals surface area contributed by atoms with E-state index in [1.165, 1.54) is 0 Å². The zero-order valence-electron chi connectivity index (χ0n) is 13.1. The lowest BCUT2D eigenvalue weighted by Crippen LogP contribution is -2.49. The van der Waals surface area contributed by atoms with E-state index in [1.807, 2.05) is 12.2 Å². The number of nitrogens with zero attached hydrogens (tertiary/aromatic N) is 2. The molecule has 0 aromatic heterocycles. The third kappa shape index (κ3) is 3.06. The Balaban J connectivity index is 1.64. The van der Waals surface area contributed by atoms with Crippen LogP contribution in [0.25, 0.3) is 0 Å². The van der Waals surface area contributed by atoms with E-state index < -0.39 is 42.9 Å². The lowest BCUT2D eigenvalue weighted by Gasteiger charge is -2.34. The molecule has 0 aromatic rings. The first-order chi connectivity index (χ1) is 11.3.